The average Bonchev–Trinajstić information content (AvgIpc) is 1.11. The van der Waals surface area contributed by atoms with Crippen LogP contribution in [-0.4, -0.2) is 109 Å². The third-order valence-corrected chi connectivity index (χ3v) is 17.0. The summed E-state index contributed by atoms with van der Waals surface area (Å²) < 4.78 is 216. The van der Waals surface area contributed by atoms with E-state index < -0.39 is 196 Å². The monoisotopic (exact) mass is 1310 g/mol. The summed E-state index contributed by atoms with van der Waals surface area (Å²) in [5.74, 6) is -3.09. The Balaban J connectivity index is 1.21. The number of H-pyrrole nitrogens is 1. The van der Waals surface area contributed by atoms with Gasteiger partial charge in [0.25, 0.3) is 72.9 Å². The summed E-state index contributed by atoms with van der Waals surface area (Å²) >= 11 is 0. The van der Waals surface area contributed by atoms with Gasteiger partial charge in [-0.05, 0) is 85.3 Å². The number of nitrogens with two attached hydrogens (primary N) is 1. The lowest BCUT2D eigenvalue weighted by Gasteiger charge is -2.13. The van der Waals surface area contributed by atoms with Crippen molar-refractivity contribution >= 4 is 146 Å². The molecule has 0 aliphatic carbocycles. The first-order valence-corrected chi connectivity index (χ1v) is 30.9. The van der Waals surface area contributed by atoms with E-state index in [2.05, 4.69) is 46.0 Å². The van der Waals surface area contributed by atoms with Crippen molar-refractivity contribution in [3.63, 3.8) is 0 Å². The molecule has 37 nitrogen and oxygen atoms in total. The number of carbonyl (C=O) groups excluding carboxylic acids is 1. The number of aromatic amines is 1. The molecular weight excluding hydrogens is 1280 g/mol. The van der Waals surface area contributed by atoms with E-state index in [-0.39, 0.29) is 17.7 Å². The van der Waals surface area contributed by atoms with Gasteiger partial charge >= 0.3 is 5.56 Å². The van der Waals surface area contributed by atoms with Crippen LogP contribution in [0.5, 0.6) is 17.4 Å². The van der Waals surface area contributed by atoms with E-state index in [1.807, 2.05) is 0 Å². The number of phenols is 2. The number of benzene rings is 7. The second-order valence-electron chi connectivity index (χ2n) is 17.0. The Morgan fingerprint density at radius 2 is 1.05 bits per heavy atom. The number of nitrogen functional groups attached to an aromatic ring is 1. The Bertz CT molecular complexity index is 5210. The molecule has 448 valence electrons. The Morgan fingerprint density at radius 1 is 0.535 bits per heavy atom. The van der Waals surface area contributed by atoms with Gasteiger partial charge in [-0.3, -0.25) is 52.1 Å². The molecule has 0 fully saturated rings. The molecule has 0 saturated carbocycles. The van der Waals surface area contributed by atoms with Crippen LogP contribution in [0.4, 0.5) is 56.9 Å². The normalized spacial score (nSPS) is 13.1. The van der Waals surface area contributed by atoms with Crippen molar-refractivity contribution in [2.24, 2.45) is 40.9 Å². The maximum Gasteiger partial charge on any atom is 0.303 e. The largest absolute Gasteiger partial charge is 0.505 e. The predicted molar refractivity (Wildman–Crippen MR) is 289 cm³/mol. The summed E-state index contributed by atoms with van der Waals surface area (Å²) in [5.41, 5.74) is -3.16. The Hall–Kier alpha value is -9.80. The van der Waals surface area contributed by atoms with Gasteiger partial charge in [-0.2, -0.15) is 55.6 Å². The SMILES string of the molecule is Cc1cc(N=Nc2c(OC=O)[nH]n(-c3ccc(S(=O)(=O)O)cc3)c2=O)c(S(=O)(=O)O)cc1N=Nc1c(S(=O)(=O)O)cc2c(S(=O)(=O)O)c(N=Nc3cc(S(=O)(=O)O)c4ccc(N=Nc5ccc([N+](=O)[O-])cc5S(=O)(=O)O)c(O)c4c3N)ccc2c1O. The van der Waals surface area contributed by atoms with E-state index in [0.717, 1.165) is 60.7 Å². The number of ether oxygens (including phenoxy) is 1. The van der Waals surface area contributed by atoms with Crippen LogP contribution in [0.2, 0.25) is 0 Å². The second kappa shape index (κ2) is 22.3. The number of non-ortho nitro benzene ring substituents is 1. The molecule has 1 aromatic heterocycles. The van der Waals surface area contributed by atoms with E-state index in [1.54, 1.807) is 0 Å². The topological polar surface area (TPSA) is 599 Å². The molecule has 7 aromatic carbocycles. The number of nitro groups is 1. The number of hydrogen-bond donors (Lipinski definition) is 10. The molecule has 0 amide bonds. The van der Waals surface area contributed by atoms with E-state index in [0.29, 0.717) is 35.0 Å². The van der Waals surface area contributed by atoms with Crippen LogP contribution in [-0.2, 0) is 65.5 Å². The summed E-state index contributed by atoms with van der Waals surface area (Å²) in [7, 11) is -32.0. The molecule has 0 radical (unpaired) electrons. The third kappa shape index (κ3) is 12.5. The van der Waals surface area contributed by atoms with Crippen molar-refractivity contribution in [2.45, 2.75) is 36.3 Å². The number of nitro benzene ring substituents is 1. The first kappa shape index (κ1) is 62.3. The number of nitrogens with zero attached hydrogens (tertiary/aromatic N) is 10. The van der Waals surface area contributed by atoms with Crippen LogP contribution >= 0.6 is 0 Å². The lowest BCUT2D eigenvalue weighted by molar-refractivity contribution is -0.385. The number of hydrogen-bond acceptors (Lipinski definition) is 28. The van der Waals surface area contributed by atoms with Gasteiger partial charge in [0.2, 0.25) is 11.6 Å². The minimum absolute atomic E-state index is 0.116. The molecule has 11 N–H and O–H groups in total. The summed E-state index contributed by atoms with van der Waals surface area (Å²) in [5, 5.41) is 62.9. The van der Waals surface area contributed by atoms with Gasteiger partial charge in [0.15, 0.2) is 11.5 Å². The van der Waals surface area contributed by atoms with Crippen molar-refractivity contribution < 1.29 is 102 Å². The molecule has 1 heterocycles. The first-order chi connectivity index (χ1) is 39.8. The smallest absolute Gasteiger partial charge is 0.303 e. The number of aromatic nitrogens is 2. The number of carbonyl (C=O) groups is 1. The van der Waals surface area contributed by atoms with Crippen LogP contribution < -0.4 is 16.0 Å². The number of anilines is 1. The maximum atomic E-state index is 13.4. The van der Waals surface area contributed by atoms with Crippen LogP contribution in [0, 0.1) is 17.0 Å². The Morgan fingerprint density at radius 3 is 1.63 bits per heavy atom. The van der Waals surface area contributed by atoms with E-state index in [1.165, 1.54) is 6.92 Å². The van der Waals surface area contributed by atoms with Gasteiger partial charge < -0.3 is 20.7 Å². The highest BCUT2D eigenvalue weighted by molar-refractivity contribution is 7.87. The number of phenolic OH excluding ortho intramolecular Hbond substituents is 2. The van der Waals surface area contributed by atoms with Gasteiger partial charge in [-0.15, -0.1) is 35.8 Å². The maximum absolute atomic E-state index is 13.4. The van der Waals surface area contributed by atoms with E-state index in [4.69, 9.17) is 10.5 Å². The van der Waals surface area contributed by atoms with Gasteiger partial charge in [-0.25, -0.2) is 4.68 Å². The van der Waals surface area contributed by atoms with Gasteiger partial charge in [0.1, 0.15) is 58.6 Å². The standard InChI is InChI=1S/C43H30N12O25S6/c1-18-12-29(49-52-38-42(80-17-56)53-54(43(38)59)19-2-5-21(6-3-19)81(62,63)64)33(84(71,72)73)15-28(18)48-51-37-34(85(74,75)76)14-24-22(39(37)57)7-11-27(41(24)86(77,78)79)47-50-30-16-31(82(65,66)67)23-8-10-26(40(58)35(23)36(30)44)46-45-25-9-4-20(55(60)61)13-32(25)83(68,69)70/h2-17,53,57-58H,44H2,1H3,(H,62,63,64)(H,65,66,67)(H,68,69,70)(H,71,72,73)(H,74,75,76)(H,77,78,79). The fourth-order valence-corrected chi connectivity index (χ4v) is 11.8. The fraction of sp³-hybridized carbons (Fsp3) is 0.0233. The third-order valence-electron chi connectivity index (χ3n) is 11.6. The molecule has 8 rings (SSSR count). The van der Waals surface area contributed by atoms with Crippen molar-refractivity contribution in [1.82, 2.24) is 9.78 Å². The second-order valence-corrected chi connectivity index (χ2v) is 25.4. The molecule has 0 bridgehead atoms. The van der Waals surface area contributed by atoms with Crippen molar-refractivity contribution in [3.8, 4) is 23.1 Å². The Kier molecular flexibility index (Phi) is 16.2. The number of fused-ring (bicyclic) bond motifs is 2. The molecule has 8 aromatic rings. The molecular formula is C43H30N12O25S6. The summed E-state index contributed by atoms with van der Waals surface area (Å²) in [6.45, 7) is 1.04. The zero-order valence-corrected chi connectivity index (χ0v) is 46.7. The number of aryl methyl sites for hydroxylation is 1. The zero-order valence-electron chi connectivity index (χ0n) is 41.8. The number of rotatable bonds is 18. The molecule has 0 unspecified atom stereocenters. The number of aromatic hydroxyl groups is 2. The lowest BCUT2D eigenvalue weighted by atomic mass is 10.1. The molecule has 0 aliphatic heterocycles. The highest BCUT2D eigenvalue weighted by atomic mass is 32.2. The highest BCUT2D eigenvalue weighted by Crippen LogP contribution is 2.48. The molecule has 0 aliphatic rings. The van der Waals surface area contributed by atoms with Crippen molar-refractivity contribution in [3.05, 3.63) is 117 Å². The quantitative estimate of drug-likeness (QED) is 0.0100. The lowest BCUT2D eigenvalue weighted by Crippen LogP contribution is -2.14. The summed E-state index contributed by atoms with van der Waals surface area (Å²) in [6.07, 6.45) is 0. The van der Waals surface area contributed by atoms with E-state index in [9.17, 15) is 108 Å². The summed E-state index contributed by atoms with van der Waals surface area (Å²) in [4.78, 5) is 28.2. The minimum Gasteiger partial charge on any atom is -0.505 e. The van der Waals surface area contributed by atoms with Gasteiger partial charge in [0, 0.05) is 28.3 Å². The van der Waals surface area contributed by atoms with Crippen molar-refractivity contribution in [2.75, 3.05) is 5.73 Å². The van der Waals surface area contributed by atoms with Crippen LogP contribution in [0.15, 0.2) is 166 Å². The van der Waals surface area contributed by atoms with Crippen LogP contribution in [0.25, 0.3) is 27.2 Å². The van der Waals surface area contributed by atoms with Crippen LogP contribution in [0.1, 0.15) is 5.56 Å². The molecule has 0 atom stereocenters. The Labute approximate surface area is 478 Å². The van der Waals surface area contributed by atoms with Gasteiger partial charge in [-0.1, -0.05) is 6.07 Å². The predicted octanol–water partition coefficient (Wildman–Crippen LogP) is 7.36. The average molecular weight is 1310 g/mol. The minimum atomic E-state index is -5.70. The number of azo groups is 4. The number of nitrogens with one attached hydrogen (secondary N) is 1. The zero-order chi connectivity index (χ0) is 63.6. The summed E-state index contributed by atoms with van der Waals surface area (Å²) in [6, 6.07) is 11.5. The molecule has 0 spiro atoms. The van der Waals surface area contributed by atoms with Crippen LogP contribution in [0.3, 0.4) is 0 Å². The van der Waals surface area contributed by atoms with Gasteiger partial charge in [0.05, 0.1) is 32.3 Å². The molecule has 43 heteroatoms. The van der Waals surface area contributed by atoms with E-state index >= 15 is 0 Å². The van der Waals surface area contributed by atoms with Crippen molar-refractivity contribution in [1.29, 1.82) is 0 Å². The molecule has 86 heavy (non-hydrogen) atoms. The highest BCUT2D eigenvalue weighted by Gasteiger charge is 2.30. The first-order valence-electron chi connectivity index (χ1n) is 22.2. The fourth-order valence-electron chi connectivity index (χ4n) is 7.83. The molecule has 0 saturated heterocycles.